The monoisotopic (exact) mass is 214 g/mol. The van der Waals surface area contributed by atoms with Crippen molar-refractivity contribution in [1.29, 1.82) is 0 Å². The highest BCUT2D eigenvalue weighted by atomic mass is 15.1. The van der Waals surface area contributed by atoms with Gasteiger partial charge in [-0.25, -0.2) is 0 Å². The zero-order valence-corrected chi connectivity index (χ0v) is 11.6. The van der Waals surface area contributed by atoms with Gasteiger partial charge in [0.2, 0.25) is 0 Å². The molecule has 0 aromatic carbocycles. The SMILES string of the molecule is CCCN(CC(C)(C)C)CC(C)(C)CN. The van der Waals surface area contributed by atoms with E-state index in [9.17, 15) is 0 Å². The molecule has 0 aliphatic carbocycles. The topological polar surface area (TPSA) is 29.3 Å². The highest BCUT2D eigenvalue weighted by Crippen LogP contribution is 2.20. The van der Waals surface area contributed by atoms with E-state index in [0.717, 1.165) is 19.6 Å². The normalized spacial score (nSPS) is 13.6. The quantitative estimate of drug-likeness (QED) is 0.736. The molecular formula is C13H30N2. The van der Waals surface area contributed by atoms with Crippen molar-refractivity contribution in [2.75, 3.05) is 26.2 Å². The molecule has 0 saturated heterocycles. The summed E-state index contributed by atoms with van der Waals surface area (Å²) < 4.78 is 0. The second-order valence-corrected chi connectivity index (χ2v) is 6.64. The molecule has 0 saturated carbocycles. The summed E-state index contributed by atoms with van der Waals surface area (Å²) in [5.41, 5.74) is 6.40. The lowest BCUT2D eigenvalue weighted by Gasteiger charge is -2.35. The van der Waals surface area contributed by atoms with E-state index in [2.05, 4.69) is 46.4 Å². The van der Waals surface area contributed by atoms with Crippen molar-refractivity contribution in [3.05, 3.63) is 0 Å². The molecule has 0 unspecified atom stereocenters. The summed E-state index contributed by atoms with van der Waals surface area (Å²) in [5.74, 6) is 0. The molecule has 0 bridgehead atoms. The van der Waals surface area contributed by atoms with E-state index in [1.165, 1.54) is 13.0 Å². The van der Waals surface area contributed by atoms with Crippen LogP contribution in [0.4, 0.5) is 0 Å². The Morgan fingerprint density at radius 2 is 1.53 bits per heavy atom. The number of nitrogens with two attached hydrogens (primary N) is 1. The van der Waals surface area contributed by atoms with Gasteiger partial charge in [0.15, 0.2) is 0 Å². The fourth-order valence-electron chi connectivity index (χ4n) is 1.87. The zero-order chi connectivity index (χ0) is 12.1. The first-order valence-corrected chi connectivity index (χ1v) is 6.12. The summed E-state index contributed by atoms with van der Waals surface area (Å²) in [6, 6.07) is 0. The van der Waals surface area contributed by atoms with Gasteiger partial charge in [0.25, 0.3) is 0 Å². The molecule has 0 aliphatic rings. The lowest BCUT2D eigenvalue weighted by Crippen LogP contribution is -2.42. The van der Waals surface area contributed by atoms with Gasteiger partial charge in [0.05, 0.1) is 0 Å². The van der Waals surface area contributed by atoms with Crippen LogP contribution in [0.25, 0.3) is 0 Å². The molecule has 0 amide bonds. The third-order valence-corrected chi connectivity index (χ3v) is 2.44. The van der Waals surface area contributed by atoms with Gasteiger partial charge in [-0.15, -0.1) is 0 Å². The number of rotatable bonds is 6. The van der Waals surface area contributed by atoms with Crippen LogP contribution in [-0.4, -0.2) is 31.1 Å². The maximum atomic E-state index is 5.79. The Morgan fingerprint density at radius 3 is 1.87 bits per heavy atom. The summed E-state index contributed by atoms with van der Waals surface area (Å²) in [5, 5.41) is 0. The van der Waals surface area contributed by atoms with Gasteiger partial charge in [-0.2, -0.15) is 0 Å². The smallest absolute Gasteiger partial charge is 0.00450 e. The van der Waals surface area contributed by atoms with Crippen LogP contribution in [0.15, 0.2) is 0 Å². The molecule has 2 nitrogen and oxygen atoms in total. The molecule has 0 radical (unpaired) electrons. The van der Waals surface area contributed by atoms with E-state index >= 15 is 0 Å². The van der Waals surface area contributed by atoms with Crippen LogP contribution in [0.3, 0.4) is 0 Å². The van der Waals surface area contributed by atoms with Gasteiger partial charge in [-0.1, -0.05) is 41.5 Å². The predicted molar refractivity (Wildman–Crippen MR) is 69.0 cm³/mol. The van der Waals surface area contributed by atoms with Crippen LogP contribution >= 0.6 is 0 Å². The molecule has 2 heteroatoms. The molecule has 0 aromatic heterocycles. The lowest BCUT2D eigenvalue weighted by molar-refractivity contribution is 0.136. The van der Waals surface area contributed by atoms with E-state index in [-0.39, 0.29) is 5.41 Å². The number of hydrogen-bond donors (Lipinski definition) is 1. The maximum Gasteiger partial charge on any atom is 0.00450 e. The minimum atomic E-state index is 0.237. The molecule has 2 N–H and O–H groups in total. The molecular weight excluding hydrogens is 184 g/mol. The van der Waals surface area contributed by atoms with Crippen molar-refractivity contribution in [3.63, 3.8) is 0 Å². The van der Waals surface area contributed by atoms with Crippen LogP contribution < -0.4 is 5.73 Å². The Balaban J connectivity index is 4.28. The van der Waals surface area contributed by atoms with E-state index in [1.54, 1.807) is 0 Å². The van der Waals surface area contributed by atoms with Crippen molar-refractivity contribution in [2.24, 2.45) is 16.6 Å². The van der Waals surface area contributed by atoms with Gasteiger partial charge >= 0.3 is 0 Å². The Hall–Kier alpha value is -0.0800. The van der Waals surface area contributed by atoms with Gasteiger partial charge in [0.1, 0.15) is 0 Å². The Morgan fingerprint density at radius 1 is 1.00 bits per heavy atom. The maximum absolute atomic E-state index is 5.79. The molecule has 0 heterocycles. The molecule has 0 rings (SSSR count). The number of nitrogens with zero attached hydrogens (tertiary/aromatic N) is 1. The summed E-state index contributed by atoms with van der Waals surface area (Å²) in [4.78, 5) is 2.55. The van der Waals surface area contributed by atoms with Crippen molar-refractivity contribution < 1.29 is 0 Å². The lowest BCUT2D eigenvalue weighted by atomic mass is 9.90. The summed E-state index contributed by atoms with van der Waals surface area (Å²) >= 11 is 0. The van der Waals surface area contributed by atoms with Crippen LogP contribution in [0.2, 0.25) is 0 Å². The molecule has 15 heavy (non-hydrogen) atoms. The average molecular weight is 214 g/mol. The fourth-order valence-corrected chi connectivity index (χ4v) is 1.87. The molecule has 0 fully saturated rings. The summed E-state index contributed by atoms with van der Waals surface area (Å²) in [7, 11) is 0. The second-order valence-electron chi connectivity index (χ2n) is 6.64. The van der Waals surface area contributed by atoms with Crippen LogP contribution in [-0.2, 0) is 0 Å². The highest BCUT2D eigenvalue weighted by molar-refractivity contribution is 4.77. The van der Waals surface area contributed by atoms with Crippen molar-refractivity contribution in [1.82, 2.24) is 4.90 Å². The Labute approximate surface area is 96.2 Å². The second kappa shape index (κ2) is 5.86. The summed E-state index contributed by atoms with van der Waals surface area (Å²) in [6.45, 7) is 17.8. The standard InChI is InChI=1S/C13H30N2/c1-7-8-15(10-12(2,3)4)11-13(5,6)9-14/h7-11,14H2,1-6H3. The first-order valence-electron chi connectivity index (χ1n) is 6.12. The molecule has 0 aromatic rings. The number of hydrogen-bond acceptors (Lipinski definition) is 2. The van der Waals surface area contributed by atoms with Gasteiger partial charge in [0, 0.05) is 13.1 Å². The van der Waals surface area contributed by atoms with E-state index in [0.29, 0.717) is 5.41 Å². The first-order chi connectivity index (χ1) is 6.70. The van der Waals surface area contributed by atoms with Gasteiger partial charge in [-0.05, 0) is 30.3 Å². The van der Waals surface area contributed by atoms with E-state index in [4.69, 9.17) is 5.73 Å². The Kier molecular flexibility index (Phi) is 5.82. The van der Waals surface area contributed by atoms with Crippen LogP contribution in [0.1, 0.15) is 48.0 Å². The molecule has 0 aliphatic heterocycles. The minimum absolute atomic E-state index is 0.237. The largest absolute Gasteiger partial charge is 0.330 e. The van der Waals surface area contributed by atoms with Crippen molar-refractivity contribution in [2.45, 2.75) is 48.0 Å². The van der Waals surface area contributed by atoms with Crippen molar-refractivity contribution in [3.8, 4) is 0 Å². The Bertz CT molecular complexity index is 168. The van der Waals surface area contributed by atoms with Crippen LogP contribution in [0, 0.1) is 10.8 Å². The molecule has 92 valence electrons. The zero-order valence-electron chi connectivity index (χ0n) is 11.6. The third-order valence-electron chi connectivity index (χ3n) is 2.44. The summed E-state index contributed by atoms with van der Waals surface area (Å²) in [6.07, 6.45) is 1.22. The van der Waals surface area contributed by atoms with Gasteiger partial charge in [-0.3, -0.25) is 0 Å². The highest BCUT2D eigenvalue weighted by Gasteiger charge is 2.23. The predicted octanol–water partition coefficient (Wildman–Crippen LogP) is 2.73. The van der Waals surface area contributed by atoms with E-state index in [1.807, 2.05) is 0 Å². The third kappa shape index (κ3) is 7.80. The molecule has 0 atom stereocenters. The van der Waals surface area contributed by atoms with E-state index < -0.39 is 0 Å². The fraction of sp³-hybridized carbons (Fsp3) is 1.00. The molecule has 0 spiro atoms. The van der Waals surface area contributed by atoms with Crippen LogP contribution in [0.5, 0.6) is 0 Å². The minimum Gasteiger partial charge on any atom is -0.330 e. The first kappa shape index (κ1) is 14.9. The van der Waals surface area contributed by atoms with Gasteiger partial charge < -0.3 is 10.6 Å². The van der Waals surface area contributed by atoms with Crippen molar-refractivity contribution >= 4 is 0 Å². The average Bonchev–Trinajstić information content (AvgIpc) is 2.01.